The number of likely N-dealkylation sites (N-methyl/N-ethyl adjacent to an activating group) is 1. The number of amides is 1. The minimum Gasteiger partial charge on any atom is -0.479 e. The van der Waals surface area contributed by atoms with Crippen LogP contribution in [0.1, 0.15) is 45.4 Å². The summed E-state index contributed by atoms with van der Waals surface area (Å²) in [6.45, 7) is 4.31. The fourth-order valence-electron chi connectivity index (χ4n) is 3.62. The van der Waals surface area contributed by atoms with Crippen molar-refractivity contribution in [3.8, 4) is 0 Å². The van der Waals surface area contributed by atoms with Crippen LogP contribution in [-0.2, 0) is 22.1 Å². The monoisotopic (exact) mass is 388 g/mol. The average molecular weight is 388 g/mol. The molecule has 0 aromatic carbocycles. The van der Waals surface area contributed by atoms with Gasteiger partial charge < -0.3 is 15.0 Å². The first-order chi connectivity index (χ1) is 13.3. The summed E-state index contributed by atoms with van der Waals surface area (Å²) in [5.74, 6) is 1.64. The highest BCUT2D eigenvalue weighted by molar-refractivity contribution is 5.85. The van der Waals surface area contributed by atoms with Crippen molar-refractivity contribution in [2.75, 3.05) is 13.7 Å². The fraction of sp³-hybridized carbons (Fsp3) is 0.650. The van der Waals surface area contributed by atoms with Gasteiger partial charge in [0.25, 0.3) is 0 Å². The summed E-state index contributed by atoms with van der Waals surface area (Å²) in [6.07, 6.45) is 8.76. The zero-order chi connectivity index (χ0) is 20.1. The standard InChI is InChI=1S/C20H28N4O4/c1-20(2,18-22-28-19(26)24(18)4)21-16(25)15-10-9-14(13-7-8-13)17(23(15)3)27-11-12-5-6-12/h9-10,12-13,15H,5-8,11H2,1-4H3,(H,21,25). The molecule has 1 aromatic rings. The molecule has 1 amide bonds. The molecule has 1 atom stereocenters. The molecule has 0 saturated heterocycles. The average Bonchev–Trinajstić information content (AvgIpc) is 3.53. The fourth-order valence-corrected chi connectivity index (χ4v) is 3.62. The molecule has 2 fully saturated rings. The van der Waals surface area contributed by atoms with Crippen molar-refractivity contribution in [3.63, 3.8) is 0 Å². The van der Waals surface area contributed by atoms with Gasteiger partial charge in [-0.3, -0.25) is 13.9 Å². The van der Waals surface area contributed by atoms with Gasteiger partial charge in [-0.05, 0) is 51.4 Å². The third-order valence-corrected chi connectivity index (χ3v) is 5.68. The third kappa shape index (κ3) is 3.59. The Morgan fingerprint density at radius 3 is 2.61 bits per heavy atom. The molecule has 4 rings (SSSR count). The first kappa shape index (κ1) is 18.8. The number of nitrogens with zero attached hydrogens (tertiary/aromatic N) is 3. The Morgan fingerprint density at radius 2 is 2.04 bits per heavy atom. The molecule has 2 saturated carbocycles. The van der Waals surface area contributed by atoms with Gasteiger partial charge in [0.05, 0.1) is 12.1 Å². The van der Waals surface area contributed by atoms with Crippen LogP contribution in [0.2, 0.25) is 0 Å². The first-order valence-electron chi connectivity index (χ1n) is 9.91. The van der Waals surface area contributed by atoms with Crippen molar-refractivity contribution >= 4 is 5.91 Å². The van der Waals surface area contributed by atoms with E-state index in [1.54, 1.807) is 20.9 Å². The maximum absolute atomic E-state index is 13.1. The molecule has 0 spiro atoms. The number of hydrogen-bond acceptors (Lipinski definition) is 6. The number of allylic oxidation sites excluding steroid dienone is 2. The van der Waals surface area contributed by atoms with Gasteiger partial charge in [-0.2, -0.15) is 0 Å². The Balaban J connectivity index is 1.50. The lowest BCUT2D eigenvalue weighted by Gasteiger charge is -2.35. The molecule has 8 heteroatoms. The van der Waals surface area contributed by atoms with E-state index in [1.807, 2.05) is 24.1 Å². The van der Waals surface area contributed by atoms with E-state index >= 15 is 0 Å². The highest BCUT2D eigenvalue weighted by atomic mass is 16.5. The highest BCUT2D eigenvalue weighted by Crippen LogP contribution is 2.42. The lowest BCUT2D eigenvalue weighted by atomic mass is 10.0. The summed E-state index contributed by atoms with van der Waals surface area (Å²) in [7, 11) is 3.47. The third-order valence-electron chi connectivity index (χ3n) is 5.68. The Bertz CT molecular complexity index is 886. The van der Waals surface area contributed by atoms with Crippen LogP contribution >= 0.6 is 0 Å². The van der Waals surface area contributed by atoms with Crippen LogP contribution in [0.3, 0.4) is 0 Å². The number of carbonyl (C=O) groups is 1. The largest absolute Gasteiger partial charge is 0.479 e. The molecule has 1 aliphatic heterocycles. The predicted molar refractivity (Wildman–Crippen MR) is 102 cm³/mol. The quantitative estimate of drug-likeness (QED) is 0.764. The van der Waals surface area contributed by atoms with E-state index in [-0.39, 0.29) is 5.91 Å². The Labute approximate surface area is 164 Å². The smallest absolute Gasteiger partial charge is 0.441 e. The Kier molecular flexibility index (Phi) is 4.59. The molecule has 2 aliphatic carbocycles. The van der Waals surface area contributed by atoms with Gasteiger partial charge in [0.15, 0.2) is 11.7 Å². The maximum Gasteiger partial charge on any atom is 0.441 e. The summed E-state index contributed by atoms with van der Waals surface area (Å²) in [5, 5.41) is 6.81. The highest BCUT2D eigenvalue weighted by Gasteiger charge is 2.38. The molecule has 1 N–H and O–H groups in total. The summed E-state index contributed by atoms with van der Waals surface area (Å²) in [4.78, 5) is 26.6. The summed E-state index contributed by atoms with van der Waals surface area (Å²) >= 11 is 0. The zero-order valence-electron chi connectivity index (χ0n) is 16.9. The van der Waals surface area contributed by atoms with Crippen LogP contribution in [0, 0.1) is 11.8 Å². The van der Waals surface area contributed by atoms with Crippen molar-refractivity contribution in [2.24, 2.45) is 18.9 Å². The molecule has 8 nitrogen and oxygen atoms in total. The molecular formula is C20H28N4O4. The van der Waals surface area contributed by atoms with E-state index in [0.29, 0.717) is 24.3 Å². The predicted octanol–water partition coefficient (Wildman–Crippen LogP) is 1.64. The van der Waals surface area contributed by atoms with Gasteiger partial charge in [0.1, 0.15) is 6.04 Å². The Morgan fingerprint density at radius 1 is 1.32 bits per heavy atom. The SMILES string of the molecule is CN1C(OCC2CC2)=C(C2CC2)C=CC1C(=O)NC(C)(C)c1noc(=O)n1C. The molecule has 2 heterocycles. The minimum atomic E-state index is -0.859. The van der Waals surface area contributed by atoms with E-state index in [0.717, 1.165) is 5.88 Å². The van der Waals surface area contributed by atoms with Crippen molar-refractivity contribution in [2.45, 2.75) is 51.1 Å². The van der Waals surface area contributed by atoms with Gasteiger partial charge >= 0.3 is 5.76 Å². The zero-order valence-corrected chi connectivity index (χ0v) is 16.9. The van der Waals surface area contributed by atoms with Crippen LogP contribution in [0.15, 0.2) is 32.9 Å². The maximum atomic E-state index is 13.1. The second-order valence-corrected chi connectivity index (χ2v) is 8.65. The van der Waals surface area contributed by atoms with Crippen LogP contribution in [0.25, 0.3) is 0 Å². The van der Waals surface area contributed by atoms with Gasteiger partial charge in [-0.25, -0.2) is 4.79 Å². The van der Waals surface area contributed by atoms with E-state index in [1.165, 1.54) is 35.8 Å². The number of rotatable bonds is 7. The summed E-state index contributed by atoms with van der Waals surface area (Å²) in [5.41, 5.74) is 0.340. The van der Waals surface area contributed by atoms with Crippen LogP contribution in [0.5, 0.6) is 0 Å². The number of nitrogens with one attached hydrogen (secondary N) is 1. The van der Waals surface area contributed by atoms with Crippen LogP contribution in [0.4, 0.5) is 0 Å². The molecule has 3 aliphatic rings. The van der Waals surface area contributed by atoms with Gasteiger partial charge in [0.2, 0.25) is 5.91 Å². The molecule has 28 heavy (non-hydrogen) atoms. The molecule has 1 aromatic heterocycles. The number of aromatic nitrogens is 2. The first-order valence-corrected chi connectivity index (χ1v) is 9.91. The van der Waals surface area contributed by atoms with E-state index < -0.39 is 17.3 Å². The van der Waals surface area contributed by atoms with Crippen LogP contribution in [-0.4, -0.2) is 40.2 Å². The lowest BCUT2D eigenvalue weighted by Crippen LogP contribution is -2.52. The van der Waals surface area contributed by atoms with Crippen molar-refractivity contribution in [3.05, 3.63) is 40.0 Å². The number of carbonyl (C=O) groups excluding carboxylic acids is 1. The minimum absolute atomic E-state index is 0.179. The normalized spacial score (nSPS) is 22.6. The molecule has 0 bridgehead atoms. The molecular weight excluding hydrogens is 360 g/mol. The molecule has 1 unspecified atom stereocenters. The number of hydrogen-bond donors (Lipinski definition) is 1. The molecule has 0 radical (unpaired) electrons. The van der Waals surface area contributed by atoms with Gasteiger partial charge in [0, 0.05) is 19.7 Å². The van der Waals surface area contributed by atoms with Gasteiger partial charge in [-0.1, -0.05) is 17.3 Å². The summed E-state index contributed by atoms with van der Waals surface area (Å²) in [6, 6.07) is -0.486. The second kappa shape index (κ2) is 6.83. The Hall–Kier alpha value is -2.51. The topological polar surface area (TPSA) is 89.6 Å². The molecule has 152 valence electrons. The summed E-state index contributed by atoms with van der Waals surface area (Å²) < 4.78 is 12.2. The van der Waals surface area contributed by atoms with E-state index in [2.05, 4.69) is 10.5 Å². The second-order valence-electron chi connectivity index (χ2n) is 8.65. The van der Waals surface area contributed by atoms with E-state index in [4.69, 9.17) is 9.26 Å². The number of ether oxygens (including phenoxy) is 1. The van der Waals surface area contributed by atoms with Crippen molar-refractivity contribution in [1.29, 1.82) is 0 Å². The van der Waals surface area contributed by atoms with E-state index in [9.17, 15) is 9.59 Å². The van der Waals surface area contributed by atoms with Crippen LogP contribution < -0.4 is 11.1 Å². The van der Waals surface area contributed by atoms with Gasteiger partial charge in [-0.15, -0.1) is 0 Å². The van der Waals surface area contributed by atoms with Crippen molar-refractivity contribution in [1.82, 2.24) is 19.9 Å². The van der Waals surface area contributed by atoms with Crippen molar-refractivity contribution < 1.29 is 14.1 Å². The lowest BCUT2D eigenvalue weighted by molar-refractivity contribution is -0.126.